The third-order valence-corrected chi connectivity index (χ3v) is 2.72. The number of rotatable bonds is 3. The quantitative estimate of drug-likeness (QED) is 0.755. The van der Waals surface area contributed by atoms with Crippen LogP contribution in [-0.2, 0) is 5.41 Å². The predicted octanol–water partition coefficient (Wildman–Crippen LogP) is 3.23. The molecule has 0 fully saturated rings. The van der Waals surface area contributed by atoms with E-state index in [0.717, 1.165) is 13.1 Å². The summed E-state index contributed by atoms with van der Waals surface area (Å²) >= 11 is 0. The molecule has 0 unspecified atom stereocenters. The van der Waals surface area contributed by atoms with Crippen molar-refractivity contribution in [3.8, 4) is 0 Å². The molecule has 0 atom stereocenters. The van der Waals surface area contributed by atoms with Gasteiger partial charge in [0.25, 0.3) is 0 Å². The Kier molecular flexibility index (Phi) is 3.72. The van der Waals surface area contributed by atoms with Crippen molar-refractivity contribution in [1.82, 2.24) is 4.98 Å². The second kappa shape index (κ2) is 4.65. The van der Waals surface area contributed by atoms with Crippen LogP contribution in [0.2, 0.25) is 0 Å². The van der Waals surface area contributed by atoms with E-state index < -0.39 is 0 Å². The normalized spacial score (nSPS) is 11.5. The first-order chi connectivity index (χ1) is 6.99. The van der Waals surface area contributed by atoms with Crippen LogP contribution in [0.25, 0.3) is 0 Å². The largest absolute Gasteiger partial charge is 0.371 e. The first kappa shape index (κ1) is 12.0. The van der Waals surface area contributed by atoms with Crippen LogP contribution in [0.1, 0.15) is 40.2 Å². The number of hydrogen-bond acceptors (Lipinski definition) is 2. The van der Waals surface area contributed by atoms with Crippen molar-refractivity contribution < 1.29 is 0 Å². The van der Waals surface area contributed by atoms with Crippen molar-refractivity contribution in [2.24, 2.45) is 0 Å². The maximum Gasteiger partial charge on any atom is 0.0555 e. The number of pyridine rings is 1. The van der Waals surface area contributed by atoms with Gasteiger partial charge < -0.3 is 4.90 Å². The van der Waals surface area contributed by atoms with Gasteiger partial charge in [0.1, 0.15) is 0 Å². The van der Waals surface area contributed by atoms with Crippen LogP contribution < -0.4 is 4.90 Å². The molecule has 0 amide bonds. The molecule has 15 heavy (non-hydrogen) atoms. The van der Waals surface area contributed by atoms with E-state index in [4.69, 9.17) is 0 Å². The molecule has 0 spiro atoms. The van der Waals surface area contributed by atoms with Gasteiger partial charge in [-0.1, -0.05) is 20.8 Å². The SMILES string of the molecule is CCN(CC)c1cncc(C(C)(C)C)c1. The van der Waals surface area contributed by atoms with Crippen LogP contribution in [0.4, 0.5) is 5.69 Å². The molecule has 0 saturated carbocycles. The summed E-state index contributed by atoms with van der Waals surface area (Å²) in [5.41, 5.74) is 2.70. The number of aromatic nitrogens is 1. The van der Waals surface area contributed by atoms with Crippen molar-refractivity contribution in [2.75, 3.05) is 18.0 Å². The molecular weight excluding hydrogens is 184 g/mol. The fourth-order valence-corrected chi connectivity index (χ4v) is 1.60. The molecule has 0 N–H and O–H groups in total. The third kappa shape index (κ3) is 2.95. The zero-order chi connectivity index (χ0) is 11.5. The van der Waals surface area contributed by atoms with E-state index in [-0.39, 0.29) is 5.41 Å². The highest BCUT2D eigenvalue weighted by molar-refractivity contribution is 5.47. The van der Waals surface area contributed by atoms with Gasteiger partial charge in [-0.05, 0) is 30.9 Å². The van der Waals surface area contributed by atoms with Crippen LogP contribution >= 0.6 is 0 Å². The van der Waals surface area contributed by atoms with E-state index in [2.05, 4.69) is 50.6 Å². The smallest absolute Gasteiger partial charge is 0.0555 e. The molecule has 0 aromatic carbocycles. The van der Waals surface area contributed by atoms with Crippen molar-refractivity contribution in [2.45, 2.75) is 40.0 Å². The second-order valence-corrected chi connectivity index (χ2v) is 4.85. The van der Waals surface area contributed by atoms with E-state index >= 15 is 0 Å². The van der Waals surface area contributed by atoms with Crippen LogP contribution in [0.3, 0.4) is 0 Å². The predicted molar refractivity (Wildman–Crippen MR) is 66.5 cm³/mol. The molecule has 0 aliphatic rings. The van der Waals surface area contributed by atoms with Gasteiger partial charge in [-0.3, -0.25) is 4.98 Å². The summed E-state index contributed by atoms with van der Waals surface area (Å²) in [4.78, 5) is 6.65. The number of nitrogens with zero attached hydrogens (tertiary/aromatic N) is 2. The third-order valence-electron chi connectivity index (χ3n) is 2.72. The lowest BCUT2D eigenvalue weighted by molar-refractivity contribution is 0.587. The first-order valence-corrected chi connectivity index (χ1v) is 5.69. The summed E-state index contributed by atoms with van der Waals surface area (Å²) in [6, 6.07) is 2.25. The highest BCUT2D eigenvalue weighted by atomic mass is 15.1. The highest BCUT2D eigenvalue weighted by Crippen LogP contribution is 2.24. The molecule has 1 heterocycles. The Hall–Kier alpha value is -1.05. The van der Waals surface area contributed by atoms with Crippen LogP contribution in [0, 0.1) is 0 Å². The standard InChI is InChI=1S/C13H22N2/c1-6-15(7-2)12-8-11(9-14-10-12)13(3,4)5/h8-10H,6-7H2,1-5H3. The van der Waals surface area contributed by atoms with Crippen LogP contribution in [-0.4, -0.2) is 18.1 Å². The molecule has 0 aliphatic carbocycles. The Morgan fingerprint density at radius 3 is 2.20 bits per heavy atom. The van der Waals surface area contributed by atoms with Gasteiger partial charge in [0.05, 0.1) is 11.9 Å². The molecule has 0 radical (unpaired) electrons. The lowest BCUT2D eigenvalue weighted by atomic mass is 9.88. The molecule has 0 aliphatic heterocycles. The van der Waals surface area contributed by atoms with Crippen molar-refractivity contribution in [3.63, 3.8) is 0 Å². The summed E-state index contributed by atoms with van der Waals surface area (Å²) in [6.45, 7) is 13.1. The molecular formula is C13H22N2. The molecule has 0 bridgehead atoms. The van der Waals surface area contributed by atoms with E-state index in [0.29, 0.717) is 0 Å². The maximum absolute atomic E-state index is 4.33. The molecule has 2 heteroatoms. The average molecular weight is 206 g/mol. The fourth-order valence-electron chi connectivity index (χ4n) is 1.60. The van der Waals surface area contributed by atoms with Gasteiger partial charge >= 0.3 is 0 Å². The monoisotopic (exact) mass is 206 g/mol. The highest BCUT2D eigenvalue weighted by Gasteiger charge is 2.15. The fraction of sp³-hybridized carbons (Fsp3) is 0.615. The zero-order valence-electron chi connectivity index (χ0n) is 10.5. The molecule has 84 valence electrons. The summed E-state index contributed by atoms with van der Waals surface area (Å²) in [6.07, 6.45) is 3.91. The summed E-state index contributed by atoms with van der Waals surface area (Å²) in [5, 5.41) is 0. The minimum Gasteiger partial charge on any atom is -0.371 e. The summed E-state index contributed by atoms with van der Waals surface area (Å²) in [7, 11) is 0. The van der Waals surface area contributed by atoms with E-state index in [1.807, 2.05) is 12.4 Å². The topological polar surface area (TPSA) is 16.1 Å². The minimum atomic E-state index is 0.177. The number of hydrogen-bond donors (Lipinski definition) is 0. The lowest BCUT2D eigenvalue weighted by Gasteiger charge is -2.24. The van der Waals surface area contributed by atoms with Gasteiger partial charge in [-0.2, -0.15) is 0 Å². The first-order valence-electron chi connectivity index (χ1n) is 5.69. The Morgan fingerprint density at radius 2 is 1.73 bits per heavy atom. The summed E-state index contributed by atoms with van der Waals surface area (Å²) < 4.78 is 0. The Labute approximate surface area is 93.3 Å². The maximum atomic E-state index is 4.33. The molecule has 0 saturated heterocycles. The Morgan fingerprint density at radius 1 is 1.13 bits per heavy atom. The van der Waals surface area contributed by atoms with Gasteiger partial charge in [0, 0.05) is 19.3 Å². The zero-order valence-corrected chi connectivity index (χ0v) is 10.5. The van der Waals surface area contributed by atoms with Crippen LogP contribution in [0.5, 0.6) is 0 Å². The van der Waals surface area contributed by atoms with E-state index in [1.165, 1.54) is 11.3 Å². The average Bonchev–Trinajstić information content (AvgIpc) is 2.19. The van der Waals surface area contributed by atoms with Crippen LogP contribution in [0.15, 0.2) is 18.5 Å². The Balaban J connectivity index is 3.02. The minimum absolute atomic E-state index is 0.177. The van der Waals surface area contributed by atoms with Crippen molar-refractivity contribution >= 4 is 5.69 Å². The molecule has 1 rings (SSSR count). The lowest BCUT2D eigenvalue weighted by Crippen LogP contribution is -2.23. The Bertz CT molecular complexity index is 309. The van der Waals surface area contributed by atoms with Gasteiger partial charge in [-0.25, -0.2) is 0 Å². The molecule has 2 nitrogen and oxygen atoms in total. The van der Waals surface area contributed by atoms with E-state index in [1.54, 1.807) is 0 Å². The molecule has 1 aromatic rings. The molecule has 1 aromatic heterocycles. The van der Waals surface area contributed by atoms with Gasteiger partial charge in [-0.15, -0.1) is 0 Å². The number of anilines is 1. The van der Waals surface area contributed by atoms with Crippen molar-refractivity contribution in [1.29, 1.82) is 0 Å². The van der Waals surface area contributed by atoms with Gasteiger partial charge in [0.2, 0.25) is 0 Å². The van der Waals surface area contributed by atoms with E-state index in [9.17, 15) is 0 Å². The van der Waals surface area contributed by atoms with Gasteiger partial charge in [0.15, 0.2) is 0 Å². The second-order valence-electron chi connectivity index (χ2n) is 4.85. The van der Waals surface area contributed by atoms with Crippen molar-refractivity contribution in [3.05, 3.63) is 24.0 Å². The summed E-state index contributed by atoms with van der Waals surface area (Å²) in [5.74, 6) is 0.